The van der Waals surface area contributed by atoms with Gasteiger partial charge in [0.25, 0.3) is 0 Å². The lowest BCUT2D eigenvalue weighted by molar-refractivity contribution is -0.117. The summed E-state index contributed by atoms with van der Waals surface area (Å²) in [4.78, 5) is 16.9. The molecule has 2 saturated heterocycles. The van der Waals surface area contributed by atoms with E-state index >= 15 is 0 Å². The van der Waals surface area contributed by atoms with Gasteiger partial charge in [0.2, 0.25) is 15.9 Å². The summed E-state index contributed by atoms with van der Waals surface area (Å²) in [7, 11) is -3.45. The third-order valence-electron chi connectivity index (χ3n) is 5.80. The summed E-state index contributed by atoms with van der Waals surface area (Å²) in [5.74, 6) is 0.134. The zero-order chi connectivity index (χ0) is 21.8. The molecule has 0 bridgehead atoms. The highest BCUT2D eigenvalue weighted by atomic mass is 32.2. The van der Waals surface area contributed by atoms with Crippen LogP contribution in [0.25, 0.3) is 0 Å². The number of piperazine rings is 1. The number of anilines is 2. The Kier molecular flexibility index (Phi) is 6.45. The molecule has 2 aliphatic heterocycles. The van der Waals surface area contributed by atoms with Crippen LogP contribution in [-0.4, -0.2) is 74.4 Å². The first-order chi connectivity index (χ1) is 14.9. The van der Waals surface area contributed by atoms with E-state index in [4.69, 9.17) is 0 Å². The van der Waals surface area contributed by atoms with Gasteiger partial charge in [0.1, 0.15) is 5.75 Å². The minimum atomic E-state index is -3.45. The van der Waals surface area contributed by atoms with Crippen molar-refractivity contribution in [1.82, 2.24) is 9.21 Å². The molecule has 166 valence electrons. The first kappa shape index (κ1) is 21.6. The molecule has 2 heterocycles. The fraction of sp³-hybridized carbons (Fsp3) is 0.409. The molecule has 0 unspecified atom stereocenters. The molecule has 1 amide bonds. The van der Waals surface area contributed by atoms with Crippen molar-refractivity contribution < 1.29 is 18.3 Å². The number of phenolic OH excluding ortho intramolecular Hbond substituents is 1. The van der Waals surface area contributed by atoms with Crippen molar-refractivity contribution in [3.05, 3.63) is 48.5 Å². The third kappa shape index (κ3) is 5.00. The number of phenols is 1. The van der Waals surface area contributed by atoms with Crippen molar-refractivity contribution in [3.63, 3.8) is 0 Å². The molecule has 2 N–H and O–H groups in total. The Hall–Kier alpha value is -2.62. The van der Waals surface area contributed by atoms with Crippen molar-refractivity contribution in [2.45, 2.75) is 17.7 Å². The van der Waals surface area contributed by atoms with Gasteiger partial charge in [-0.15, -0.1) is 0 Å². The van der Waals surface area contributed by atoms with E-state index in [0.717, 1.165) is 44.7 Å². The van der Waals surface area contributed by atoms with E-state index in [0.29, 0.717) is 18.8 Å². The Balaban J connectivity index is 1.28. The summed E-state index contributed by atoms with van der Waals surface area (Å²) in [5.41, 5.74) is 1.40. The van der Waals surface area contributed by atoms with Crippen molar-refractivity contribution in [2.24, 2.45) is 0 Å². The van der Waals surface area contributed by atoms with Crippen LogP contribution in [0.15, 0.2) is 53.4 Å². The average molecular weight is 445 g/mol. The lowest BCUT2D eigenvalue weighted by atomic mass is 10.2. The second kappa shape index (κ2) is 9.25. The van der Waals surface area contributed by atoms with E-state index in [1.54, 1.807) is 36.4 Å². The van der Waals surface area contributed by atoms with Gasteiger partial charge in [-0.05, 0) is 49.2 Å². The Morgan fingerprint density at radius 3 is 2.19 bits per heavy atom. The summed E-state index contributed by atoms with van der Waals surface area (Å²) < 4.78 is 26.7. The summed E-state index contributed by atoms with van der Waals surface area (Å²) in [6.07, 6.45) is 1.79. The van der Waals surface area contributed by atoms with Gasteiger partial charge in [-0.2, -0.15) is 4.31 Å². The maximum Gasteiger partial charge on any atom is 0.243 e. The number of amides is 1. The van der Waals surface area contributed by atoms with Crippen LogP contribution < -0.4 is 10.2 Å². The third-order valence-corrected chi connectivity index (χ3v) is 7.72. The molecule has 0 saturated carbocycles. The van der Waals surface area contributed by atoms with Gasteiger partial charge in [0, 0.05) is 45.0 Å². The molecule has 31 heavy (non-hydrogen) atoms. The Morgan fingerprint density at radius 1 is 0.903 bits per heavy atom. The van der Waals surface area contributed by atoms with Gasteiger partial charge >= 0.3 is 0 Å². The zero-order valence-corrected chi connectivity index (χ0v) is 18.2. The predicted molar refractivity (Wildman–Crippen MR) is 120 cm³/mol. The fourth-order valence-corrected chi connectivity index (χ4v) is 5.59. The summed E-state index contributed by atoms with van der Waals surface area (Å²) in [5, 5.41) is 12.9. The molecular weight excluding hydrogens is 416 g/mol. The van der Waals surface area contributed by atoms with E-state index in [2.05, 4.69) is 15.1 Å². The molecule has 0 aromatic heterocycles. The van der Waals surface area contributed by atoms with Crippen LogP contribution in [0, 0.1) is 0 Å². The van der Waals surface area contributed by atoms with Gasteiger partial charge in [-0.25, -0.2) is 8.42 Å². The number of aromatic hydroxyl groups is 1. The lowest BCUT2D eigenvalue weighted by Crippen LogP contribution is -2.48. The van der Waals surface area contributed by atoms with Crippen LogP contribution >= 0.6 is 0 Å². The molecule has 2 fully saturated rings. The number of sulfonamides is 1. The highest BCUT2D eigenvalue weighted by Gasteiger charge is 2.27. The Bertz CT molecular complexity index is 1010. The van der Waals surface area contributed by atoms with E-state index in [9.17, 15) is 18.3 Å². The van der Waals surface area contributed by atoms with Crippen LogP contribution in [-0.2, 0) is 14.8 Å². The monoisotopic (exact) mass is 444 g/mol. The van der Waals surface area contributed by atoms with Gasteiger partial charge in [-0.3, -0.25) is 9.69 Å². The maximum atomic E-state index is 12.6. The lowest BCUT2D eigenvalue weighted by Gasteiger charge is -2.35. The minimum Gasteiger partial charge on any atom is -0.506 e. The van der Waals surface area contributed by atoms with Crippen molar-refractivity contribution in [2.75, 3.05) is 56.0 Å². The molecule has 0 spiro atoms. The van der Waals surface area contributed by atoms with Crippen LogP contribution in [0.3, 0.4) is 0 Å². The smallest absolute Gasteiger partial charge is 0.243 e. The van der Waals surface area contributed by atoms with Crippen LogP contribution in [0.5, 0.6) is 5.75 Å². The second-order valence-corrected chi connectivity index (χ2v) is 9.87. The van der Waals surface area contributed by atoms with Crippen molar-refractivity contribution >= 4 is 27.3 Å². The Morgan fingerprint density at radius 2 is 1.55 bits per heavy atom. The van der Waals surface area contributed by atoms with E-state index < -0.39 is 10.0 Å². The van der Waals surface area contributed by atoms with Gasteiger partial charge in [0.15, 0.2) is 0 Å². The topological polar surface area (TPSA) is 93.2 Å². The number of hydrogen-bond acceptors (Lipinski definition) is 6. The number of nitrogens with zero attached hydrogens (tertiary/aromatic N) is 3. The standard InChI is InChI=1S/C22H28N4O4S/c27-21-6-2-1-5-20(21)25-15-13-24(14-16-25)17-22(28)23-18-7-9-19(10-8-18)31(29,30)26-11-3-4-12-26/h1-2,5-10,27H,3-4,11-17H2,(H,23,28). The van der Waals surface area contributed by atoms with Gasteiger partial charge < -0.3 is 15.3 Å². The number of carbonyl (C=O) groups is 1. The first-order valence-corrected chi connectivity index (χ1v) is 12.0. The number of rotatable bonds is 6. The van der Waals surface area contributed by atoms with Crippen LogP contribution in [0.1, 0.15) is 12.8 Å². The molecule has 0 aliphatic carbocycles. The molecule has 2 aromatic rings. The number of nitrogens with one attached hydrogen (secondary N) is 1. The van der Waals surface area contributed by atoms with Crippen LogP contribution in [0.2, 0.25) is 0 Å². The fourth-order valence-electron chi connectivity index (χ4n) is 4.07. The number of hydrogen-bond donors (Lipinski definition) is 2. The van der Waals surface area contributed by atoms with E-state index in [-0.39, 0.29) is 23.1 Å². The zero-order valence-electron chi connectivity index (χ0n) is 17.4. The summed E-state index contributed by atoms with van der Waals surface area (Å²) >= 11 is 0. The quantitative estimate of drug-likeness (QED) is 0.707. The number of benzene rings is 2. The first-order valence-electron chi connectivity index (χ1n) is 10.6. The highest BCUT2D eigenvalue weighted by Crippen LogP contribution is 2.27. The highest BCUT2D eigenvalue weighted by molar-refractivity contribution is 7.89. The molecule has 9 heteroatoms. The molecule has 2 aliphatic rings. The molecule has 0 atom stereocenters. The van der Waals surface area contributed by atoms with Gasteiger partial charge in [-0.1, -0.05) is 12.1 Å². The summed E-state index contributed by atoms with van der Waals surface area (Å²) in [6, 6.07) is 13.6. The van der Waals surface area contributed by atoms with Crippen molar-refractivity contribution in [3.8, 4) is 5.75 Å². The minimum absolute atomic E-state index is 0.133. The van der Waals surface area contributed by atoms with Gasteiger partial charge in [0.05, 0.1) is 17.1 Å². The SMILES string of the molecule is O=C(CN1CCN(c2ccccc2O)CC1)Nc1ccc(S(=O)(=O)N2CCCC2)cc1. The normalized spacial score (nSPS) is 18.3. The average Bonchev–Trinajstić information content (AvgIpc) is 3.31. The van der Waals surface area contributed by atoms with Crippen molar-refractivity contribution in [1.29, 1.82) is 0 Å². The van der Waals surface area contributed by atoms with E-state index in [1.165, 1.54) is 4.31 Å². The molecule has 2 aromatic carbocycles. The molecular formula is C22H28N4O4S. The molecule has 0 radical (unpaired) electrons. The summed E-state index contributed by atoms with van der Waals surface area (Å²) in [6.45, 7) is 4.30. The molecule has 8 nitrogen and oxygen atoms in total. The van der Waals surface area contributed by atoms with E-state index in [1.807, 2.05) is 12.1 Å². The largest absolute Gasteiger partial charge is 0.506 e. The maximum absolute atomic E-state index is 12.6. The van der Waals surface area contributed by atoms with Crippen LogP contribution in [0.4, 0.5) is 11.4 Å². The number of carbonyl (C=O) groups excluding carboxylic acids is 1. The second-order valence-electron chi connectivity index (χ2n) is 7.94. The molecule has 4 rings (SSSR count). The Labute approximate surface area is 183 Å². The predicted octanol–water partition coefficient (Wildman–Crippen LogP) is 1.94. The number of para-hydroxylation sites is 2.